The predicted molar refractivity (Wildman–Crippen MR) is 243 cm³/mol. The van der Waals surface area contributed by atoms with Gasteiger partial charge in [-0.15, -0.1) is 0 Å². The van der Waals surface area contributed by atoms with Crippen LogP contribution in [0.4, 0.5) is 0 Å². The summed E-state index contributed by atoms with van der Waals surface area (Å²) in [6.07, 6.45) is 2.98. The molecule has 6 aromatic carbocycles. The summed E-state index contributed by atoms with van der Waals surface area (Å²) in [5.74, 6) is 1.17. The minimum absolute atomic E-state index is 0.0176. The molecule has 0 saturated carbocycles. The van der Waals surface area contributed by atoms with E-state index >= 15 is 0 Å². The van der Waals surface area contributed by atoms with Gasteiger partial charge in [0.05, 0.1) is 0 Å². The first-order valence-electron chi connectivity index (χ1n) is 21.0. The molecule has 4 unspecified atom stereocenters. The zero-order valence-corrected chi connectivity index (χ0v) is 36.1. The molecule has 0 spiro atoms. The fraction of sp³-hybridized carbons (Fsp3) is 0.333. The van der Waals surface area contributed by atoms with Gasteiger partial charge in [0.2, 0.25) is 0 Å². The average Bonchev–Trinajstić information content (AvgIpc) is 3.20. The highest BCUT2D eigenvalue weighted by Crippen LogP contribution is 2.53. The lowest BCUT2D eigenvalue weighted by atomic mass is 9.57. The summed E-state index contributed by atoms with van der Waals surface area (Å²) in [5.41, 5.74) is 5.11. The Bertz CT molecular complexity index is 2290. The SMILES string of the molecule is CC(C)(CC(c1ccc(O)cc1)C(CC(CC(C)(CC(C)(C)c1ccc(O)cc1)c1ccc(O)cc1)c1ccc(O)cc1)C(C)(C)c1ccc(O)cc1)c1ccc(O)cc1. The second-order valence-corrected chi connectivity index (χ2v) is 19.2. The Hall–Kier alpha value is -5.88. The molecule has 0 saturated heterocycles. The summed E-state index contributed by atoms with van der Waals surface area (Å²) in [4.78, 5) is 0. The quantitative estimate of drug-likeness (QED) is 0.0579. The Labute approximate surface area is 356 Å². The molecule has 6 aromatic rings. The summed E-state index contributed by atoms with van der Waals surface area (Å²) in [5, 5.41) is 62.4. The van der Waals surface area contributed by atoms with Gasteiger partial charge in [0.1, 0.15) is 34.5 Å². The Morgan fingerprint density at radius 1 is 0.367 bits per heavy atom. The van der Waals surface area contributed by atoms with Crippen LogP contribution in [0.1, 0.15) is 119 Å². The Morgan fingerprint density at radius 2 is 0.700 bits per heavy atom. The predicted octanol–water partition coefficient (Wildman–Crippen LogP) is 12.9. The smallest absolute Gasteiger partial charge is 0.115 e. The van der Waals surface area contributed by atoms with E-state index in [4.69, 9.17) is 0 Å². The first kappa shape index (κ1) is 43.7. The number of rotatable bonds is 16. The van der Waals surface area contributed by atoms with Crippen LogP contribution >= 0.6 is 0 Å². The number of benzene rings is 6. The van der Waals surface area contributed by atoms with Gasteiger partial charge in [0.15, 0.2) is 0 Å². The van der Waals surface area contributed by atoms with Crippen molar-refractivity contribution in [2.75, 3.05) is 0 Å². The molecule has 4 atom stereocenters. The van der Waals surface area contributed by atoms with Crippen LogP contribution in [0, 0.1) is 5.92 Å². The maximum absolute atomic E-state index is 10.6. The number of hydrogen-bond acceptors (Lipinski definition) is 6. The minimum Gasteiger partial charge on any atom is -0.508 e. The molecule has 6 nitrogen and oxygen atoms in total. The van der Waals surface area contributed by atoms with Crippen molar-refractivity contribution in [1.82, 2.24) is 0 Å². The van der Waals surface area contributed by atoms with Gasteiger partial charge < -0.3 is 30.6 Å². The maximum atomic E-state index is 10.6. The van der Waals surface area contributed by atoms with Crippen molar-refractivity contribution in [3.8, 4) is 34.5 Å². The van der Waals surface area contributed by atoms with Crippen molar-refractivity contribution in [2.24, 2.45) is 5.92 Å². The fourth-order valence-corrected chi connectivity index (χ4v) is 9.94. The molecule has 6 N–H and O–H groups in total. The third kappa shape index (κ3) is 10.1. The molecule has 0 heterocycles. The van der Waals surface area contributed by atoms with Crippen molar-refractivity contribution < 1.29 is 30.6 Å². The molecule has 0 bridgehead atoms. The summed E-state index contributed by atoms with van der Waals surface area (Å²) in [6, 6.07) is 45.4. The van der Waals surface area contributed by atoms with Gasteiger partial charge in [0.25, 0.3) is 0 Å². The number of phenolic OH excluding ortho intramolecular Hbond substituents is 6. The molecule has 0 aliphatic carbocycles. The molecular weight excluding hydrogens is 745 g/mol. The molecule has 0 fully saturated rings. The highest BCUT2D eigenvalue weighted by molar-refractivity contribution is 5.40. The van der Waals surface area contributed by atoms with Crippen LogP contribution in [0.2, 0.25) is 0 Å². The summed E-state index contributed by atoms with van der Waals surface area (Å²) >= 11 is 0. The van der Waals surface area contributed by atoms with Crippen LogP contribution in [-0.4, -0.2) is 30.6 Å². The van der Waals surface area contributed by atoms with Gasteiger partial charge >= 0.3 is 0 Å². The Morgan fingerprint density at radius 3 is 1.12 bits per heavy atom. The molecule has 0 radical (unpaired) electrons. The summed E-state index contributed by atoms with van der Waals surface area (Å²) in [6.45, 7) is 15.9. The molecule has 6 heteroatoms. The van der Waals surface area contributed by atoms with Gasteiger partial charge in [0, 0.05) is 0 Å². The topological polar surface area (TPSA) is 121 Å². The normalized spacial score (nSPS) is 14.8. The highest BCUT2D eigenvalue weighted by atomic mass is 16.3. The molecule has 314 valence electrons. The van der Waals surface area contributed by atoms with Gasteiger partial charge in [-0.1, -0.05) is 121 Å². The van der Waals surface area contributed by atoms with E-state index in [0.29, 0.717) is 0 Å². The van der Waals surface area contributed by atoms with Crippen LogP contribution in [-0.2, 0) is 21.7 Å². The molecule has 0 aliphatic heterocycles. The van der Waals surface area contributed by atoms with Crippen LogP contribution in [0.5, 0.6) is 34.5 Å². The van der Waals surface area contributed by atoms with Crippen molar-refractivity contribution in [2.45, 2.75) is 108 Å². The lowest BCUT2D eigenvalue weighted by Crippen LogP contribution is -2.39. The summed E-state index contributed by atoms with van der Waals surface area (Å²) < 4.78 is 0. The standard InChI is InChI=1S/C54H62O6/c1-51(2,39-12-24-45(57)25-13-39)34-49(37-10-22-44(56)23-11-37)50(53(5,6)41-16-28-47(59)29-17-41)32-38(36-8-20-43(55)21-9-36)33-54(7,42-18-30-48(60)31-19-42)35-52(3,4)40-14-26-46(58)27-15-40/h8-31,38,49-50,55-60H,32-35H2,1-7H3. The lowest BCUT2D eigenvalue weighted by molar-refractivity contribution is 0.188. The van der Waals surface area contributed by atoms with E-state index in [9.17, 15) is 30.6 Å². The van der Waals surface area contributed by atoms with E-state index in [1.165, 1.54) is 0 Å². The molecule has 0 amide bonds. The van der Waals surface area contributed by atoms with E-state index in [0.717, 1.165) is 59.1 Å². The van der Waals surface area contributed by atoms with E-state index < -0.39 is 10.8 Å². The second kappa shape index (κ2) is 17.4. The van der Waals surface area contributed by atoms with Crippen LogP contribution in [0.15, 0.2) is 146 Å². The number of hydrogen-bond donors (Lipinski definition) is 6. The van der Waals surface area contributed by atoms with E-state index in [1.807, 2.05) is 72.8 Å². The van der Waals surface area contributed by atoms with E-state index in [-0.39, 0.29) is 63.1 Å². The first-order valence-corrected chi connectivity index (χ1v) is 21.0. The van der Waals surface area contributed by atoms with E-state index in [1.54, 1.807) is 72.8 Å². The molecule has 6 rings (SSSR count). The average molecular weight is 807 g/mol. The van der Waals surface area contributed by atoms with Gasteiger partial charge in [-0.25, -0.2) is 0 Å². The highest BCUT2D eigenvalue weighted by Gasteiger charge is 2.44. The van der Waals surface area contributed by atoms with Gasteiger partial charge in [-0.3, -0.25) is 0 Å². The fourth-order valence-electron chi connectivity index (χ4n) is 9.94. The maximum Gasteiger partial charge on any atom is 0.115 e. The van der Waals surface area contributed by atoms with Crippen molar-refractivity contribution >= 4 is 0 Å². The largest absolute Gasteiger partial charge is 0.508 e. The Balaban J connectivity index is 1.54. The molecule has 0 aliphatic rings. The van der Waals surface area contributed by atoms with Gasteiger partial charge in [-0.2, -0.15) is 0 Å². The Kier molecular flexibility index (Phi) is 12.7. The van der Waals surface area contributed by atoms with Crippen molar-refractivity contribution in [1.29, 1.82) is 0 Å². The second-order valence-electron chi connectivity index (χ2n) is 19.2. The van der Waals surface area contributed by atoms with E-state index in [2.05, 4.69) is 48.5 Å². The third-order valence-electron chi connectivity index (χ3n) is 13.4. The zero-order valence-electron chi connectivity index (χ0n) is 36.1. The van der Waals surface area contributed by atoms with Crippen molar-refractivity contribution in [3.05, 3.63) is 179 Å². The monoisotopic (exact) mass is 806 g/mol. The molecule has 0 aromatic heterocycles. The zero-order chi connectivity index (χ0) is 43.5. The summed E-state index contributed by atoms with van der Waals surface area (Å²) in [7, 11) is 0. The molecular formula is C54H62O6. The van der Waals surface area contributed by atoms with Crippen molar-refractivity contribution in [3.63, 3.8) is 0 Å². The first-order chi connectivity index (χ1) is 28.3. The lowest BCUT2D eigenvalue weighted by Gasteiger charge is -2.46. The van der Waals surface area contributed by atoms with Crippen LogP contribution in [0.3, 0.4) is 0 Å². The minimum atomic E-state index is -0.448. The van der Waals surface area contributed by atoms with Crippen LogP contribution < -0.4 is 0 Å². The molecule has 60 heavy (non-hydrogen) atoms. The number of aromatic hydroxyl groups is 6. The number of phenols is 6. The van der Waals surface area contributed by atoms with Crippen LogP contribution in [0.25, 0.3) is 0 Å². The van der Waals surface area contributed by atoms with Gasteiger partial charge in [-0.05, 0) is 171 Å². The third-order valence-corrected chi connectivity index (χ3v) is 13.4.